The molecule has 0 spiro atoms. The third kappa shape index (κ3) is 3.98. The zero-order valence-electron chi connectivity index (χ0n) is 9.88. The molecule has 0 aliphatic rings. The molecule has 0 N–H and O–H groups in total. The molecule has 0 saturated heterocycles. The summed E-state index contributed by atoms with van der Waals surface area (Å²) in [6, 6.07) is 3.84. The van der Waals surface area contributed by atoms with E-state index in [1.165, 1.54) is 0 Å². The van der Waals surface area contributed by atoms with E-state index < -0.39 is 0 Å². The fourth-order valence-electron chi connectivity index (χ4n) is 1.20. The molecular formula is C12H16Br2O2. The monoisotopic (exact) mass is 350 g/mol. The first-order chi connectivity index (χ1) is 7.40. The molecule has 0 bridgehead atoms. The van der Waals surface area contributed by atoms with E-state index in [-0.39, 0.29) is 12.2 Å². The van der Waals surface area contributed by atoms with Crippen molar-refractivity contribution in [3.8, 4) is 11.5 Å². The second kappa shape index (κ2) is 5.92. The smallest absolute Gasteiger partial charge is 0.135 e. The summed E-state index contributed by atoms with van der Waals surface area (Å²) in [4.78, 5) is 0. The molecule has 0 unspecified atom stereocenters. The minimum atomic E-state index is 0.153. The lowest BCUT2D eigenvalue weighted by Gasteiger charge is -2.16. The molecule has 0 radical (unpaired) electrons. The lowest BCUT2D eigenvalue weighted by Crippen LogP contribution is -2.08. The number of hydrogen-bond acceptors (Lipinski definition) is 2. The first kappa shape index (κ1) is 13.8. The number of halogens is 2. The fourth-order valence-corrected chi connectivity index (χ4v) is 2.03. The van der Waals surface area contributed by atoms with Crippen molar-refractivity contribution in [3.63, 3.8) is 0 Å². The fraction of sp³-hybridized carbons (Fsp3) is 0.500. The molecule has 16 heavy (non-hydrogen) atoms. The van der Waals surface area contributed by atoms with Crippen LogP contribution in [0.25, 0.3) is 0 Å². The van der Waals surface area contributed by atoms with Crippen LogP contribution in [0.1, 0.15) is 27.7 Å². The highest BCUT2D eigenvalue weighted by atomic mass is 79.9. The van der Waals surface area contributed by atoms with Gasteiger partial charge in [-0.2, -0.15) is 0 Å². The van der Waals surface area contributed by atoms with Gasteiger partial charge in [-0.15, -0.1) is 0 Å². The van der Waals surface area contributed by atoms with Gasteiger partial charge in [-0.25, -0.2) is 0 Å². The van der Waals surface area contributed by atoms with E-state index in [0.717, 1.165) is 20.4 Å². The second-order valence-electron chi connectivity index (χ2n) is 4.05. The first-order valence-corrected chi connectivity index (χ1v) is 6.81. The zero-order chi connectivity index (χ0) is 12.3. The molecular weight excluding hydrogens is 336 g/mol. The molecule has 0 aliphatic carbocycles. The Morgan fingerprint density at radius 1 is 0.812 bits per heavy atom. The van der Waals surface area contributed by atoms with Crippen molar-refractivity contribution in [1.29, 1.82) is 0 Å². The van der Waals surface area contributed by atoms with Gasteiger partial charge in [0.05, 0.1) is 21.2 Å². The van der Waals surface area contributed by atoms with Gasteiger partial charge in [0.25, 0.3) is 0 Å². The Bertz CT molecular complexity index is 327. The van der Waals surface area contributed by atoms with Crippen molar-refractivity contribution in [3.05, 3.63) is 21.1 Å². The van der Waals surface area contributed by atoms with Crippen LogP contribution >= 0.6 is 31.9 Å². The lowest BCUT2D eigenvalue weighted by atomic mass is 10.3. The van der Waals surface area contributed by atoms with Crippen LogP contribution in [0.5, 0.6) is 11.5 Å². The van der Waals surface area contributed by atoms with Crippen molar-refractivity contribution in [2.75, 3.05) is 0 Å². The summed E-state index contributed by atoms with van der Waals surface area (Å²) in [5, 5.41) is 0. The van der Waals surface area contributed by atoms with E-state index in [0.29, 0.717) is 0 Å². The van der Waals surface area contributed by atoms with Crippen molar-refractivity contribution >= 4 is 31.9 Å². The SMILES string of the molecule is CC(C)Oc1cc(Br)c(OC(C)C)cc1Br. The van der Waals surface area contributed by atoms with Gasteiger partial charge >= 0.3 is 0 Å². The van der Waals surface area contributed by atoms with E-state index in [4.69, 9.17) is 9.47 Å². The van der Waals surface area contributed by atoms with Gasteiger partial charge in [0.15, 0.2) is 0 Å². The first-order valence-electron chi connectivity index (χ1n) is 5.22. The Kier molecular flexibility index (Phi) is 5.12. The van der Waals surface area contributed by atoms with Gasteiger partial charge in [0.2, 0.25) is 0 Å². The molecule has 0 aromatic heterocycles. The molecule has 0 fully saturated rings. The Hall–Kier alpha value is -0.220. The molecule has 1 rings (SSSR count). The van der Waals surface area contributed by atoms with Crippen LogP contribution in [0.2, 0.25) is 0 Å². The van der Waals surface area contributed by atoms with Crippen LogP contribution in [0.4, 0.5) is 0 Å². The molecule has 4 heteroatoms. The van der Waals surface area contributed by atoms with Crippen LogP contribution in [0, 0.1) is 0 Å². The van der Waals surface area contributed by atoms with Crippen molar-refractivity contribution in [2.45, 2.75) is 39.9 Å². The quantitative estimate of drug-likeness (QED) is 0.776. The molecule has 0 saturated carbocycles. The second-order valence-corrected chi connectivity index (χ2v) is 5.75. The highest BCUT2D eigenvalue weighted by Crippen LogP contribution is 2.37. The van der Waals surface area contributed by atoms with Gasteiger partial charge in [0, 0.05) is 0 Å². The summed E-state index contributed by atoms with van der Waals surface area (Å²) in [5.41, 5.74) is 0. The Labute approximate surface area is 114 Å². The van der Waals surface area contributed by atoms with Crippen molar-refractivity contribution < 1.29 is 9.47 Å². The number of hydrogen-bond donors (Lipinski definition) is 0. The van der Waals surface area contributed by atoms with E-state index in [9.17, 15) is 0 Å². The van der Waals surface area contributed by atoms with E-state index in [1.54, 1.807) is 0 Å². The van der Waals surface area contributed by atoms with Crippen LogP contribution < -0.4 is 9.47 Å². The number of rotatable bonds is 4. The Morgan fingerprint density at radius 2 is 1.12 bits per heavy atom. The lowest BCUT2D eigenvalue weighted by molar-refractivity contribution is 0.232. The highest BCUT2D eigenvalue weighted by molar-refractivity contribution is 9.11. The number of benzene rings is 1. The Balaban J connectivity index is 2.97. The van der Waals surface area contributed by atoms with Gasteiger partial charge in [-0.1, -0.05) is 0 Å². The summed E-state index contributed by atoms with van der Waals surface area (Å²) < 4.78 is 13.1. The van der Waals surface area contributed by atoms with Gasteiger partial charge in [0.1, 0.15) is 11.5 Å². The summed E-state index contributed by atoms with van der Waals surface area (Å²) in [6.07, 6.45) is 0.306. The van der Waals surface area contributed by atoms with Crippen LogP contribution in [-0.2, 0) is 0 Å². The maximum absolute atomic E-state index is 5.65. The molecule has 2 nitrogen and oxygen atoms in total. The largest absolute Gasteiger partial charge is 0.490 e. The van der Waals surface area contributed by atoms with E-state index in [1.807, 2.05) is 39.8 Å². The predicted molar refractivity (Wildman–Crippen MR) is 73.4 cm³/mol. The summed E-state index contributed by atoms with van der Waals surface area (Å²) >= 11 is 6.95. The van der Waals surface area contributed by atoms with E-state index in [2.05, 4.69) is 31.9 Å². The molecule has 0 atom stereocenters. The highest BCUT2D eigenvalue weighted by Gasteiger charge is 2.11. The van der Waals surface area contributed by atoms with Gasteiger partial charge in [-0.05, 0) is 71.7 Å². The van der Waals surface area contributed by atoms with Crippen molar-refractivity contribution in [2.24, 2.45) is 0 Å². The normalized spacial score (nSPS) is 11.0. The molecule has 1 aromatic carbocycles. The predicted octanol–water partition coefficient (Wildman–Crippen LogP) is 4.79. The minimum absolute atomic E-state index is 0.153. The maximum atomic E-state index is 5.65. The molecule has 0 amide bonds. The summed E-state index contributed by atoms with van der Waals surface area (Å²) in [6.45, 7) is 8.00. The standard InChI is InChI=1S/C12H16Br2O2/c1-7(2)15-11-5-10(14)12(6-9(11)13)16-8(3)4/h5-8H,1-4H3. The minimum Gasteiger partial charge on any atom is -0.490 e. The maximum Gasteiger partial charge on any atom is 0.135 e. The zero-order valence-corrected chi connectivity index (χ0v) is 13.1. The topological polar surface area (TPSA) is 18.5 Å². The molecule has 0 heterocycles. The van der Waals surface area contributed by atoms with Crippen LogP contribution in [0.3, 0.4) is 0 Å². The third-order valence-corrected chi connectivity index (χ3v) is 2.95. The van der Waals surface area contributed by atoms with Crippen LogP contribution in [-0.4, -0.2) is 12.2 Å². The Morgan fingerprint density at radius 3 is 1.38 bits per heavy atom. The third-order valence-electron chi connectivity index (χ3n) is 1.71. The molecule has 90 valence electrons. The average Bonchev–Trinajstić information content (AvgIpc) is 2.11. The average molecular weight is 352 g/mol. The van der Waals surface area contributed by atoms with Crippen LogP contribution in [0.15, 0.2) is 21.1 Å². The molecule has 1 aromatic rings. The summed E-state index contributed by atoms with van der Waals surface area (Å²) in [7, 11) is 0. The van der Waals surface area contributed by atoms with Crippen molar-refractivity contribution in [1.82, 2.24) is 0 Å². The molecule has 0 aliphatic heterocycles. The number of ether oxygens (including phenoxy) is 2. The van der Waals surface area contributed by atoms with Gasteiger partial charge in [-0.3, -0.25) is 0 Å². The van der Waals surface area contributed by atoms with Gasteiger partial charge < -0.3 is 9.47 Å². The van der Waals surface area contributed by atoms with E-state index >= 15 is 0 Å². The summed E-state index contributed by atoms with van der Waals surface area (Å²) in [5.74, 6) is 1.64.